The molecule has 1 aromatic carbocycles. The summed E-state index contributed by atoms with van der Waals surface area (Å²) in [6.45, 7) is 3.69. The summed E-state index contributed by atoms with van der Waals surface area (Å²) in [6.07, 6.45) is 1.57. The van der Waals surface area contributed by atoms with Crippen molar-refractivity contribution >= 4 is 11.8 Å². The smallest absolute Gasteiger partial charge is 0.251 e. The van der Waals surface area contributed by atoms with Gasteiger partial charge in [0.15, 0.2) is 0 Å². The van der Waals surface area contributed by atoms with E-state index in [1.54, 1.807) is 18.3 Å². The van der Waals surface area contributed by atoms with Gasteiger partial charge in [0.05, 0.1) is 18.3 Å². The predicted octanol–water partition coefficient (Wildman–Crippen LogP) is 2.21. The summed E-state index contributed by atoms with van der Waals surface area (Å²) in [5, 5.41) is 5.61. The second-order valence-corrected chi connectivity index (χ2v) is 5.05. The van der Waals surface area contributed by atoms with Crippen LogP contribution in [0.5, 0.6) is 0 Å². The third kappa shape index (κ3) is 4.41. The van der Waals surface area contributed by atoms with Crippen LogP contribution in [0.3, 0.4) is 0 Å². The van der Waals surface area contributed by atoms with E-state index in [0.717, 1.165) is 5.56 Å². The molecule has 2 amide bonds. The van der Waals surface area contributed by atoms with E-state index in [-0.39, 0.29) is 17.9 Å². The lowest BCUT2D eigenvalue weighted by atomic mass is 10.1. The van der Waals surface area contributed by atoms with Crippen LogP contribution in [0.25, 0.3) is 0 Å². The highest BCUT2D eigenvalue weighted by Gasteiger charge is 2.12. The molecule has 22 heavy (non-hydrogen) atoms. The van der Waals surface area contributed by atoms with Crippen molar-refractivity contribution in [2.75, 3.05) is 0 Å². The van der Waals surface area contributed by atoms with Crippen molar-refractivity contribution in [3.05, 3.63) is 65.5 Å². The highest BCUT2D eigenvalue weighted by Crippen LogP contribution is 2.12. The van der Waals surface area contributed by atoms with Crippen molar-refractivity contribution in [1.82, 2.24) is 15.6 Å². The summed E-state index contributed by atoms with van der Waals surface area (Å²) in [7, 11) is 0. The second-order valence-electron chi connectivity index (χ2n) is 5.05. The quantitative estimate of drug-likeness (QED) is 0.889. The summed E-state index contributed by atoms with van der Waals surface area (Å²) < 4.78 is 0. The van der Waals surface area contributed by atoms with Crippen molar-refractivity contribution in [3.63, 3.8) is 0 Å². The first-order chi connectivity index (χ1) is 10.6. The van der Waals surface area contributed by atoms with Crippen molar-refractivity contribution in [1.29, 1.82) is 0 Å². The summed E-state index contributed by atoms with van der Waals surface area (Å²) in [5.74, 6) is -0.294. The molecule has 0 saturated carbocycles. The van der Waals surface area contributed by atoms with Gasteiger partial charge in [-0.05, 0) is 24.6 Å². The van der Waals surface area contributed by atoms with Gasteiger partial charge < -0.3 is 10.6 Å². The van der Waals surface area contributed by atoms with Crippen LogP contribution < -0.4 is 10.6 Å². The Labute approximate surface area is 129 Å². The molecule has 0 saturated heterocycles. The molecule has 0 fully saturated rings. The molecule has 0 bridgehead atoms. The molecule has 5 heteroatoms. The van der Waals surface area contributed by atoms with Gasteiger partial charge in [-0.3, -0.25) is 14.6 Å². The minimum absolute atomic E-state index is 0.0827. The Kier molecular flexibility index (Phi) is 5.25. The Bertz CT molecular complexity index is 656. The third-order valence-electron chi connectivity index (χ3n) is 3.24. The number of nitrogens with zero attached hydrogens (tertiary/aromatic N) is 1. The SMILES string of the molecule is CC(=O)NCc1cc(C(=O)NC(C)c2ccccc2)ccn1. The molecule has 0 spiro atoms. The number of hydrogen-bond acceptors (Lipinski definition) is 3. The molecular formula is C17H19N3O2. The van der Waals surface area contributed by atoms with E-state index in [9.17, 15) is 9.59 Å². The van der Waals surface area contributed by atoms with Crippen LogP contribution in [0.15, 0.2) is 48.7 Å². The Hall–Kier alpha value is -2.69. The number of carbonyl (C=O) groups excluding carboxylic acids is 2. The van der Waals surface area contributed by atoms with Gasteiger partial charge >= 0.3 is 0 Å². The third-order valence-corrected chi connectivity index (χ3v) is 3.24. The summed E-state index contributed by atoms with van der Waals surface area (Å²) >= 11 is 0. The summed E-state index contributed by atoms with van der Waals surface area (Å²) in [6, 6.07) is 13.0. The number of benzene rings is 1. The molecule has 5 nitrogen and oxygen atoms in total. The topological polar surface area (TPSA) is 71.1 Å². The monoisotopic (exact) mass is 297 g/mol. The average Bonchev–Trinajstić information content (AvgIpc) is 2.54. The van der Waals surface area contributed by atoms with Crippen LogP contribution in [0.4, 0.5) is 0 Å². The van der Waals surface area contributed by atoms with Crippen LogP contribution >= 0.6 is 0 Å². The second kappa shape index (κ2) is 7.36. The molecule has 2 aromatic rings. The maximum atomic E-state index is 12.3. The Morgan fingerprint density at radius 2 is 1.91 bits per heavy atom. The van der Waals surface area contributed by atoms with Crippen LogP contribution in [0.2, 0.25) is 0 Å². The lowest BCUT2D eigenvalue weighted by Crippen LogP contribution is -2.27. The fourth-order valence-corrected chi connectivity index (χ4v) is 2.04. The van der Waals surface area contributed by atoms with Crippen LogP contribution in [0.1, 0.15) is 41.5 Å². The van der Waals surface area contributed by atoms with Gasteiger partial charge in [-0.2, -0.15) is 0 Å². The number of hydrogen-bond donors (Lipinski definition) is 2. The van der Waals surface area contributed by atoms with Crippen molar-refractivity contribution in [2.24, 2.45) is 0 Å². The molecule has 0 radical (unpaired) electrons. The molecule has 0 aliphatic rings. The lowest BCUT2D eigenvalue weighted by molar-refractivity contribution is -0.119. The van der Waals surface area contributed by atoms with E-state index >= 15 is 0 Å². The molecule has 2 N–H and O–H groups in total. The van der Waals surface area contributed by atoms with E-state index in [0.29, 0.717) is 17.8 Å². The van der Waals surface area contributed by atoms with Crippen molar-refractivity contribution in [2.45, 2.75) is 26.4 Å². The fourth-order valence-electron chi connectivity index (χ4n) is 2.04. The minimum Gasteiger partial charge on any atom is -0.351 e. The average molecular weight is 297 g/mol. The Balaban J connectivity index is 2.03. The van der Waals surface area contributed by atoms with Gasteiger partial charge in [0.1, 0.15) is 0 Å². The zero-order valence-electron chi connectivity index (χ0n) is 12.7. The van der Waals surface area contributed by atoms with Gasteiger partial charge in [-0.25, -0.2) is 0 Å². The number of rotatable bonds is 5. The molecule has 1 atom stereocenters. The van der Waals surface area contributed by atoms with E-state index < -0.39 is 0 Å². The maximum absolute atomic E-state index is 12.3. The molecular weight excluding hydrogens is 278 g/mol. The van der Waals surface area contributed by atoms with Gasteiger partial charge in [0.2, 0.25) is 5.91 Å². The first-order valence-corrected chi connectivity index (χ1v) is 7.11. The summed E-state index contributed by atoms with van der Waals surface area (Å²) in [5.41, 5.74) is 2.22. The molecule has 2 rings (SSSR count). The largest absolute Gasteiger partial charge is 0.351 e. The van der Waals surface area contributed by atoms with E-state index in [4.69, 9.17) is 0 Å². The van der Waals surface area contributed by atoms with Crippen LogP contribution in [-0.4, -0.2) is 16.8 Å². The van der Waals surface area contributed by atoms with E-state index in [1.165, 1.54) is 6.92 Å². The molecule has 1 aromatic heterocycles. The van der Waals surface area contributed by atoms with Gasteiger partial charge in [-0.1, -0.05) is 30.3 Å². The fraction of sp³-hybridized carbons (Fsp3) is 0.235. The molecule has 1 unspecified atom stereocenters. The molecule has 0 aliphatic carbocycles. The summed E-state index contributed by atoms with van der Waals surface area (Å²) in [4.78, 5) is 27.3. The van der Waals surface area contributed by atoms with E-state index in [1.807, 2.05) is 37.3 Å². The highest BCUT2D eigenvalue weighted by atomic mass is 16.2. The minimum atomic E-state index is -0.164. The molecule has 114 valence electrons. The van der Waals surface area contributed by atoms with Crippen LogP contribution in [0, 0.1) is 0 Å². The first kappa shape index (κ1) is 15.7. The van der Waals surface area contributed by atoms with Gasteiger partial charge in [0.25, 0.3) is 5.91 Å². The number of aromatic nitrogens is 1. The zero-order valence-corrected chi connectivity index (χ0v) is 12.7. The predicted molar refractivity (Wildman–Crippen MR) is 84.1 cm³/mol. The Morgan fingerprint density at radius 1 is 1.18 bits per heavy atom. The first-order valence-electron chi connectivity index (χ1n) is 7.11. The standard InChI is InChI=1S/C17H19N3O2/c1-12(14-6-4-3-5-7-14)20-17(22)15-8-9-18-16(10-15)11-19-13(2)21/h3-10,12H,11H2,1-2H3,(H,19,21)(H,20,22). The van der Waals surface area contributed by atoms with Crippen molar-refractivity contribution < 1.29 is 9.59 Å². The van der Waals surface area contributed by atoms with Crippen LogP contribution in [-0.2, 0) is 11.3 Å². The zero-order chi connectivity index (χ0) is 15.9. The number of amides is 2. The lowest BCUT2D eigenvalue weighted by Gasteiger charge is -2.14. The van der Waals surface area contributed by atoms with Gasteiger partial charge in [-0.15, -0.1) is 0 Å². The Morgan fingerprint density at radius 3 is 2.59 bits per heavy atom. The number of pyridine rings is 1. The van der Waals surface area contributed by atoms with Gasteiger partial charge in [0, 0.05) is 18.7 Å². The number of nitrogens with one attached hydrogen (secondary N) is 2. The van der Waals surface area contributed by atoms with E-state index in [2.05, 4.69) is 15.6 Å². The molecule has 0 aliphatic heterocycles. The molecule has 1 heterocycles. The highest BCUT2D eigenvalue weighted by molar-refractivity contribution is 5.94. The number of carbonyl (C=O) groups is 2. The maximum Gasteiger partial charge on any atom is 0.251 e. The normalized spacial score (nSPS) is 11.5. The van der Waals surface area contributed by atoms with Crippen molar-refractivity contribution in [3.8, 4) is 0 Å².